The molecular formula is C9H16O3. The lowest BCUT2D eigenvalue weighted by Gasteiger charge is -2.07. The van der Waals surface area contributed by atoms with Gasteiger partial charge in [-0.25, -0.2) is 0 Å². The Balaban J connectivity index is 3.46. The molecule has 1 atom stereocenters. The van der Waals surface area contributed by atoms with Gasteiger partial charge in [-0.05, 0) is 6.42 Å². The third-order valence-corrected chi connectivity index (χ3v) is 1.39. The number of carbonyl (C=O) groups excluding carboxylic acids is 1. The van der Waals surface area contributed by atoms with Crippen LogP contribution in [-0.2, 0) is 9.53 Å². The molecule has 0 rings (SSSR count). The number of aliphatic hydroxyl groups is 1. The Labute approximate surface area is 73.0 Å². The van der Waals surface area contributed by atoms with E-state index in [-0.39, 0.29) is 19.0 Å². The minimum atomic E-state index is -0.563. The molecular weight excluding hydrogens is 156 g/mol. The Morgan fingerprint density at radius 1 is 1.75 bits per heavy atom. The SMILES string of the molecule is C=CCOC(=O)CC(O)CCC. The van der Waals surface area contributed by atoms with Gasteiger partial charge in [0, 0.05) is 0 Å². The minimum Gasteiger partial charge on any atom is -0.461 e. The summed E-state index contributed by atoms with van der Waals surface area (Å²) in [5, 5.41) is 9.19. The van der Waals surface area contributed by atoms with Crippen LogP contribution in [0.15, 0.2) is 12.7 Å². The van der Waals surface area contributed by atoms with Gasteiger partial charge in [0.25, 0.3) is 0 Å². The number of ether oxygens (including phenoxy) is 1. The van der Waals surface area contributed by atoms with Crippen molar-refractivity contribution in [3.8, 4) is 0 Å². The van der Waals surface area contributed by atoms with Crippen molar-refractivity contribution in [2.75, 3.05) is 6.61 Å². The average Bonchev–Trinajstić information content (AvgIpc) is 2.01. The Kier molecular flexibility index (Phi) is 6.38. The average molecular weight is 172 g/mol. The van der Waals surface area contributed by atoms with E-state index >= 15 is 0 Å². The van der Waals surface area contributed by atoms with E-state index in [9.17, 15) is 9.90 Å². The highest BCUT2D eigenvalue weighted by Crippen LogP contribution is 2.02. The molecule has 0 aliphatic heterocycles. The summed E-state index contributed by atoms with van der Waals surface area (Å²) < 4.78 is 4.69. The van der Waals surface area contributed by atoms with Gasteiger partial charge in [0.05, 0.1) is 12.5 Å². The maximum atomic E-state index is 10.9. The molecule has 12 heavy (non-hydrogen) atoms. The molecule has 3 nitrogen and oxygen atoms in total. The number of aliphatic hydroxyl groups excluding tert-OH is 1. The lowest BCUT2D eigenvalue weighted by atomic mass is 10.1. The van der Waals surface area contributed by atoms with E-state index in [1.165, 1.54) is 6.08 Å². The Morgan fingerprint density at radius 2 is 2.42 bits per heavy atom. The Morgan fingerprint density at radius 3 is 2.92 bits per heavy atom. The van der Waals surface area contributed by atoms with Crippen molar-refractivity contribution in [3.05, 3.63) is 12.7 Å². The summed E-state index contributed by atoms with van der Waals surface area (Å²) in [6.07, 6.45) is 2.54. The van der Waals surface area contributed by atoms with E-state index < -0.39 is 6.10 Å². The zero-order valence-electron chi connectivity index (χ0n) is 7.45. The van der Waals surface area contributed by atoms with Gasteiger partial charge in [0.1, 0.15) is 6.61 Å². The Hall–Kier alpha value is -0.830. The first kappa shape index (κ1) is 11.2. The maximum absolute atomic E-state index is 10.9. The molecule has 0 aliphatic carbocycles. The number of carbonyl (C=O) groups is 1. The molecule has 0 bridgehead atoms. The monoisotopic (exact) mass is 172 g/mol. The van der Waals surface area contributed by atoms with Crippen LogP contribution in [0, 0.1) is 0 Å². The van der Waals surface area contributed by atoms with Crippen molar-refractivity contribution >= 4 is 5.97 Å². The molecule has 0 aromatic heterocycles. The van der Waals surface area contributed by atoms with Gasteiger partial charge in [-0.15, -0.1) is 0 Å². The zero-order chi connectivity index (χ0) is 9.40. The molecule has 0 amide bonds. The molecule has 1 unspecified atom stereocenters. The van der Waals surface area contributed by atoms with Crippen molar-refractivity contribution in [3.63, 3.8) is 0 Å². The van der Waals surface area contributed by atoms with E-state index in [4.69, 9.17) is 4.74 Å². The number of hydrogen-bond acceptors (Lipinski definition) is 3. The van der Waals surface area contributed by atoms with Crippen LogP contribution in [0.25, 0.3) is 0 Å². The standard InChI is InChI=1S/C9H16O3/c1-3-5-8(10)7-9(11)12-6-4-2/h4,8,10H,2-3,5-7H2,1H3. The number of esters is 1. The van der Waals surface area contributed by atoms with Gasteiger partial charge in [-0.3, -0.25) is 4.79 Å². The predicted molar refractivity (Wildman–Crippen MR) is 46.7 cm³/mol. The molecule has 70 valence electrons. The highest BCUT2D eigenvalue weighted by Gasteiger charge is 2.09. The molecule has 0 aromatic rings. The third kappa shape index (κ3) is 5.92. The summed E-state index contributed by atoms with van der Waals surface area (Å²) in [6, 6.07) is 0. The first-order valence-corrected chi connectivity index (χ1v) is 4.15. The van der Waals surface area contributed by atoms with Crippen LogP contribution in [-0.4, -0.2) is 23.8 Å². The van der Waals surface area contributed by atoms with Gasteiger partial charge in [-0.2, -0.15) is 0 Å². The predicted octanol–water partition coefficient (Wildman–Crippen LogP) is 1.27. The lowest BCUT2D eigenvalue weighted by Crippen LogP contribution is -2.15. The summed E-state index contributed by atoms with van der Waals surface area (Å²) in [5.41, 5.74) is 0. The number of rotatable bonds is 6. The topological polar surface area (TPSA) is 46.5 Å². The van der Waals surface area contributed by atoms with Crippen LogP contribution in [0.5, 0.6) is 0 Å². The van der Waals surface area contributed by atoms with Crippen LogP contribution in [0.4, 0.5) is 0 Å². The number of hydrogen-bond donors (Lipinski definition) is 1. The molecule has 1 N–H and O–H groups in total. The van der Waals surface area contributed by atoms with E-state index in [1.54, 1.807) is 0 Å². The van der Waals surface area contributed by atoms with E-state index in [0.29, 0.717) is 6.42 Å². The fourth-order valence-corrected chi connectivity index (χ4v) is 0.838. The molecule has 0 aliphatic rings. The van der Waals surface area contributed by atoms with Gasteiger partial charge in [0.15, 0.2) is 0 Å². The second-order valence-electron chi connectivity index (χ2n) is 2.62. The summed E-state index contributed by atoms with van der Waals surface area (Å²) in [4.78, 5) is 10.9. The quantitative estimate of drug-likeness (QED) is 0.484. The van der Waals surface area contributed by atoms with Crippen LogP contribution in [0.2, 0.25) is 0 Å². The zero-order valence-corrected chi connectivity index (χ0v) is 7.45. The summed E-state index contributed by atoms with van der Waals surface area (Å²) >= 11 is 0. The highest BCUT2D eigenvalue weighted by atomic mass is 16.5. The molecule has 0 heterocycles. The summed E-state index contributed by atoms with van der Waals surface area (Å²) in [7, 11) is 0. The van der Waals surface area contributed by atoms with Crippen LogP contribution < -0.4 is 0 Å². The van der Waals surface area contributed by atoms with Crippen LogP contribution >= 0.6 is 0 Å². The molecule has 0 radical (unpaired) electrons. The summed E-state index contributed by atoms with van der Waals surface area (Å²) in [5.74, 6) is -0.365. The molecule has 0 saturated carbocycles. The largest absolute Gasteiger partial charge is 0.461 e. The fourth-order valence-electron chi connectivity index (χ4n) is 0.838. The van der Waals surface area contributed by atoms with Crippen LogP contribution in [0.3, 0.4) is 0 Å². The second kappa shape index (κ2) is 6.85. The molecule has 0 spiro atoms. The smallest absolute Gasteiger partial charge is 0.308 e. The van der Waals surface area contributed by atoms with Gasteiger partial charge in [0.2, 0.25) is 0 Å². The fraction of sp³-hybridized carbons (Fsp3) is 0.667. The lowest BCUT2D eigenvalue weighted by molar-refractivity contribution is -0.144. The Bertz CT molecular complexity index is 143. The minimum absolute atomic E-state index is 0.0850. The summed E-state index contributed by atoms with van der Waals surface area (Å²) in [6.45, 7) is 5.58. The third-order valence-electron chi connectivity index (χ3n) is 1.39. The van der Waals surface area contributed by atoms with Crippen molar-refractivity contribution in [2.24, 2.45) is 0 Å². The molecule has 3 heteroatoms. The van der Waals surface area contributed by atoms with Crippen molar-refractivity contribution in [1.29, 1.82) is 0 Å². The van der Waals surface area contributed by atoms with E-state index in [2.05, 4.69) is 6.58 Å². The molecule has 0 fully saturated rings. The van der Waals surface area contributed by atoms with Crippen molar-refractivity contribution in [2.45, 2.75) is 32.3 Å². The highest BCUT2D eigenvalue weighted by molar-refractivity contribution is 5.69. The first-order chi connectivity index (χ1) is 5.70. The molecule has 0 aromatic carbocycles. The molecule has 0 saturated heterocycles. The first-order valence-electron chi connectivity index (χ1n) is 4.15. The van der Waals surface area contributed by atoms with Gasteiger partial charge in [-0.1, -0.05) is 26.0 Å². The van der Waals surface area contributed by atoms with E-state index in [1.807, 2.05) is 6.92 Å². The van der Waals surface area contributed by atoms with Gasteiger partial charge >= 0.3 is 5.97 Å². The second-order valence-corrected chi connectivity index (χ2v) is 2.62. The van der Waals surface area contributed by atoms with Crippen LogP contribution in [0.1, 0.15) is 26.2 Å². The maximum Gasteiger partial charge on any atom is 0.308 e. The van der Waals surface area contributed by atoms with Gasteiger partial charge < -0.3 is 9.84 Å². The normalized spacial score (nSPS) is 12.2. The van der Waals surface area contributed by atoms with Crippen molar-refractivity contribution in [1.82, 2.24) is 0 Å². The van der Waals surface area contributed by atoms with Crippen molar-refractivity contribution < 1.29 is 14.6 Å². The van der Waals surface area contributed by atoms with E-state index in [0.717, 1.165) is 6.42 Å².